The van der Waals surface area contributed by atoms with Gasteiger partial charge in [0, 0.05) is 5.69 Å². The first-order valence-electron chi connectivity index (χ1n) is 8.42. The van der Waals surface area contributed by atoms with Crippen molar-refractivity contribution in [3.63, 3.8) is 0 Å². The Bertz CT molecular complexity index is 1030. The molecule has 4 nitrogen and oxygen atoms in total. The Morgan fingerprint density at radius 2 is 1.67 bits per heavy atom. The van der Waals surface area contributed by atoms with E-state index < -0.39 is 5.25 Å². The molecule has 4 aromatic rings. The molecule has 3 aromatic carbocycles. The molecule has 0 saturated heterocycles. The van der Waals surface area contributed by atoms with Crippen LogP contribution in [0.2, 0.25) is 0 Å². The molecule has 1 atom stereocenters. The molecule has 0 aliphatic rings. The fourth-order valence-electron chi connectivity index (χ4n) is 2.74. The van der Waals surface area contributed by atoms with Crippen LogP contribution in [0.1, 0.15) is 10.8 Å². The number of thioether (sulfide) groups is 1. The summed E-state index contributed by atoms with van der Waals surface area (Å²) in [6.07, 6.45) is 0. The highest BCUT2D eigenvalue weighted by molar-refractivity contribution is 8.00. The van der Waals surface area contributed by atoms with Gasteiger partial charge in [0.2, 0.25) is 5.91 Å². The lowest BCUT2D eigenvalue weighted by atomic mass is 10.1. The average Bonchev–Trinajstić information content (AvgIpc) is 3.11. The Labute approximate surface area is 159 Å². The van der Waals surface area contributed by atoms with Crippen LogP contribution in [-0.4, -0.2) is 15.9 Å². The van der Waals surface area contributed by atoms with E-state index in [4.69, 9.17) is 0 Å². The van der Waals surface area contributed by atoms with Gasteiger partial charge >= 0.3 is 0 Å². The second-order valence-corrected chi connectivity index (χ2v) is 7.06. The van der Waals surface area contributed by atoms with Crippen LogP contribution >= 0.6 is 11.8 Å². The Hall–Kier alpha value is -3.12. The second kappa shape index (κ2) is 7.63. The molecule has 27 heavy (non-hydrogen) atoms. The first-order valence-corrected chi connectivity index (χ1v) is 9.30. The molecule has 2 N–H and O–H groups in total. The van der Waals surface area contributed by atoms with Crippen LogP contribution in [-0.2, 0) is 4.79 Å². The van der Waals surface area contributed by atoms with Gasteiger partial charge in [0.25, 0.3) is 0 Å². The number of para-hydroxylation sites is 2. The molecule has 0 saturated carbocycles. The normalized spacial score (nSPS) is 12.0. The zero-order valence-electron chi connectivity index (χ0n) is 14.2. The zero-order valence-corrected chi connectivity index (χ0v) is 15.0. The quantitative estimate of drug-likeness (QED) is 0.472. The van der Waals surface area contributed by atoms with Gasteiger partial charge in [0.15, 0.2) is 5.16 Å². The summed E-state index contributed by atoms with van der Waals surface area (Å²) in [5, 5.41) is 3.02. The number of nitrogens with one attached hydrogen (secondary N) is 2. The lowest BCUT2D eigenvalue weighted by Crippen LogP contribution is -2.19. The summed E-state index contributed by atoms with van der Waals surface area (Å²) in [6.45, 7) is 0. The van der Waals surface area contributed by atoms with E-state index in [1.165, 1.54) is 23.9 Å². The Kier molecular flexibility index (Phi) is 4.89. The number of nitrogens with zero attached hydrogens (tertiary/aromatic N) is 1. The average molecular weight is 377 g/mol. The van der Waals surface area contributed by atoms with Gasteiger partial charge in [-0.05, 0) is 42.0 Å². The number of H-pyrrole nitrogens is 1. The molecule has 0 fully saturated rings. The molecule has 1 amide bonds. The second-order valence-electron chi connectivity index (χ2n) is 5.96. The lowest BCUT2D eigenvalue weighted by molar-refractivity contribution is -0.115. The van der Waals surface area contributed by atoms with Crippen molar-refractivity contribution in [3.05, 3.63) is 90.2 Å². The highest BCUT2D eigenvalue weighted by Crippen LogP contribution is 2.35. The van der Waals surface area contributed by atoms with E-state index in [0.29, 0.717) is 10.8 Å². The molecule has 134 valence electrons. The molecular weight excluding hydrogens is 361 g/mol. The first-order chi connectivity index (χ1) is 13.2. The Morgan fingerprint density at radius 1 is 0.963 bits per heavy atom. The van der Waals surface area contributed by atoms with Crippen LogP contribution in [0.3, 0.4) is 0 Å². The molecule has 1 heterocycles. The van der Waals surface area contributed by atoms with Gasteiger partial charge < -0.3 is 10.3 Å². The summed E-state index contributed by atoms with van der Waals surface area (Å²) >= 11 is 1.35. The van der Waals surface area contributed by atoms with Crippen LogP contribution in [0.15, 0.2) is 84.0 Å². The van der Waals surface area contributed by atoms with Crippen molar-refractivity contribution in [1.82, 2.24) is 9.97 Å². The number of carbonyl (C=O) groups is 1. The number of imidazole rings is 1. The molecule has 0 spiro atoms. The van der Waals surface area contributed by atoms with Crippen molar-refractivity contribution < 1.29 is 9.18 Å². The molecule has 4 rings (SSSR count). The van der Waals surface area contributed by atoms with Gasteiger partial charge in [-0.2, -0.15) is 0 Å². The van der Waals surface area contributed by atoms with E-state index in [1.54, 1.807) is 12.1 Å². The smallest absolute Gasteiger partial charge is 0.242 e. The van der Waals surface area contributed by atoms with Crippen LogP contribution < -0.4 is 5.32 Å². The third kappa shape index (κ3) is 4.01. The topological polar surface area (TPSA) is 57.8 Å². The fraction of sp³-hybridized carbons (Fsp3) is 0.0476. The van der Waals surface area contributed by atoms with E-state index >= 15 is 0 Å². The highest BCUT2D eigenvalue weighted by Gasteiger charge is 2.23. The Morgan fingerprint density at radius 3 is 2.41 bits per heavy atom. The van der Waals surface area contributed by atoms with E-state index in [9.17, 15) is 9.18 Å². The van der Waals surface area contributed by atoms with Crippen LogP contribution in [0, 0.1) is 5.82 Å². The number of fused-ring (bicyclic) bond motifs is 1. The van der Waals surface area contributed by atoms with E-state index in [2.05, 4.69) is 15.3 Å². The molecule has 6 heteroatoms. The number of benzene rings is 3. The van der Waals surface area contributed by atoms with Crippen molar-refractivity contribution in [1.29, 1.82) is 0 Å². The summed E-state index contributed by atoms with van der Waals surface area (Å²) in [5.41, 5.74) is 3.19. The van der Waals surface area contributed by atoms with Crippen molar-refractivity contribution in [2.24, 2.45) is 0 Å². The van der Waals surface area contributed by atoms with Crippen molar-refractivity contribution >= 4 is 34.4 Å². The van der Waals surface area contributed by atoms with Gasteiger partial charge in [-0.15, -0.1) is 0 Å². The monoisotopic (exact) mass is 377 g/mol. The number of rotatable bonds is 5. The third-order valence-electron chi connectivity index (χ3n) is 4.05. The molecule has 0 unspecified atom stereocenters. The number of hydrogen-bond donors (Lipinski definition) is 2. The SMILES string of the molecule is O=C(Nc1ccc(F)cc1)[C@@H](Sc1nc2ccccc2[nH]1)c1ccccc1. The zero-order chi connectivity index (χ0) is 18.6. The number of halogens is 1. The van der Waals surface area contributed by atoms with Gasteiger partial charge in [-0.3, -0.25) is 4.79 Å². The number of anilines is 1. The molecular formula is C21H16FN3OS. The summed E-state index contributed by atoms with van der Waals surface area (Å²) in [7, 11) is 0. The maximum absolute atomic E-state index is 13.1. The first kappa shape index (κ1) is 17.3. The van der Waals surface area contributed by atoms with Crippen molar-refractivity contribution in [3.8, 4) is 0 Å². The number of hydrogen-bond acceptors (Lipinski definition) is 3. The molecule has 1 aromatic heterocycles. The predicted molar refractivity (Wildman–Crippen MR) is 106 cm³/mol. The molecule has 0 aliphatic carbocycles. The number of aromatic amines is 1. The van der Waals surface area contributed by atoms with Crippen LogP contribution in [0.4, 0.5) is 10.1 Å². The van der Waals surface area contributed by atoms with E-state index in [0.717, 1.165) is 16.6 Å². The maximum atomic E-state index is 13.1. The highest BCUT2D eigenvalue weighted by atomic mass is 32.2. The molecule has 0 aliphatic heterocycles. The number of amides is 1. The maximum Gasteiger partial charge on any atom is 0.242 e. The minimum Gasteiger partial charge on any atom is -0.333 e. The standard InChI is InChI=1S/C21H16FN3OS/c22-15-10-12-16(13-11-15)23-20(26)19(14-6-2-1-3-7-14)27-21-24-17-8-4-5-9-18(17)25-21/h1-13,19H,(H,23,26)(H,24,25)/t19-/m0/s1. The Balaban J connectivity index is 1.62. The minimum atomic E-state index is -0.503. The molecule has 0 radical (unpaired) electrons. The summed E-state index contributed by atoms with van der Waals surface area (Å²) in [5.74, 6) is -0.539. The predicted octanol–water partition coefficient (Wildman–Crippen LogP) is 5.17. The minimum absolute atomic E-state index is 0.196. The fourth-order valence-corrected chi connectivity index (χ4v) is 3.74. The van der Waals surface area contributed by atoms with Crippen molar-refractivity contribution in [2.75, 3.05) is 5.32 Å². The van der Waals surface area contributed by atoms with Crippen LogP contribution in [0.25, 0.3) is 11.0 Å². The lowest BCUT2D eigenvalue weighted by Gasteiger charge is -2.16. The van der Waals surface area contributed by atoms with Crippen LogP contribution in [0.5, 0.6) is 0 Å². The number of carbonyl (C=O) groups excluding carboxylic acids is 1. The van der Waals surface area contributed by atoms with Gasteiger partial charge in [0.1, 0.15) is 11.1 Å². The van der Waals surface area contributed by atoms with Gasteiger partial charge in [-0.25, -0.2) is 9.37 Å². The summed E-state index contributed by atoms with van der Waals surface area (Å²) < 4.78 is 13.1. The van der Waals surface area contributed by atoms with Crippen molar-refractivity contribution in [2.45, 2.75) is 10.4 Å². The summed E-state index contributed by atoms with van der Waals surface area (Å²) in [6, 6.07) is 23.0. The van der Waals surface area contributed by atoms with E-state index in [1.807, 2.05) is 54.6 Å². The third-order valence-corrected chi connectivity index (χ3v) is 5.19. The summed E-state index contributed by atoms with van der Waals surface area (Å²) in [4.78, 5) is 20.8. The molecule has 0 bridgehead atoms. The number of aromatic nitrogens is 2. The van der Waals surface area contributed by atoms with Gasteiger partial charge in [0.05, 0.1) is 11.0 Å². The van der Waals surface area contributed by atoms with E-state index in [-0.39, 0.29) is 11.7 Å². The largest absolute Gasteiger partial charge is 0.333 e. The van der Waals surface area contributed by atoms with Gasteiger partial charge in [-0.1, -0.05) is 54.2 Å².